The van der Waals surface area contributed by atoms with Crippen LogP contribution in [-0.4, -0.2) is 21.1 Å². The second-order valence-electron chi connectivity index (χ2n) is 5.61. The molecule has 5 heteroatoms. The summed E-state index contributed by atoms with van der Waals surface area (Å²) in [6, 6.07) is 8.00. The van der Waals surface area contributed by atoms with Crippen LogP contribution < -0.4 is 5.32 Å². The maximum absolute atomic E-state index is 12.5. The normalized spacial score (nSPS) is 12.0. The summed E-state index contributed by atoms with van der Waals surface area (Å²) in [6.45, 7) is 9.81. The molecule has 4 nitrogen and oxygen atoms in total. The standard InChI is InChI=1S/C18H23N3OS/c1-6-15-9-7-8-11(2)17(15)21-18(22)13(4)23-16-10-12(3)19-14(5)20-16/h7-10,13H,6H2,1-5H3,(H,21,22)/t13-/m0/s1. The van der Waals surface area contributed by atoms with Gasteiger partial charge < -0.3 is 5.32 Å². The SMILES string of the molecule is CCc1cccc(C)c1NC(=O)[C@H](C)Sc1cc(C)nc(C)n1. The number of hydrogen-bond donors (Lipinski definition) is 1. The first kappa shape index (κ1) is 17.5. The third-order valence-electron chi connectivity index (χ3n) is 3.60. The van der Waals surface area contributed by atoms with Crippen LogP contribution in [0.3, 0.4) is 0 Å². The Hall–Kier alpha value is -1.88. The molecule has 0 radical (unpaired) electrons. The summed E-state index contributed by atoms with van der Waals surface area (Å²) in [7, 11) is 0. The molecule has 0 unspecified atom stereocenters. The average molecular weight is 329 g/mol. The van der Waals surface area contributed by atoms with Gasteiger partial charge in [0, 0.05) is 11.4 Å². The lowest BCUT2D eigenvalue weighted by Gasteiger charge is -2.16. The van der Waals surface area contributed by atoms with Crippen LogP contribution in [0.1, 0.15) is 36.5 Å². The summed E-state index contributed by atoms with van der Waals surface area (Å²) >= 11 is 1.46. The van der Waals surface area contributed by atoms with Crippen molar-refractivity contribution in [3.05, 3.63) is 46.9 Å². The highest BCUT2D eigenvalue weighted by Gasteiger charge is 2.17. The van der Waals surface area contributed by atoms with Gasteiger partial charge in [-0.05, 0) is 51.3 Å². The summed E-state index contributed by atoms with van der Waals surface area (Å²) in [5.74, 6) is 0.722. The Balaban J connectivity index is 2.11. The van der Waals surface area contributed by atoms with E-state index in [2.05, 4.69) is 28.3 Å². The lowest BCUT2D eigenvalue weighted by molar-refractivity contribution is -0.115. The number of nitrogens with zero attached hydrogens (tertiary/aromatic N) is 2. The summed E-state index contributed by atoms with van der Waals surface area (Å²) in [5, 5.41) is 3.68. The third kappa shape index (κ3) is 4.55. The van der Waals surface area contributed by atoms with E-state index in [9.17, 15) is 4.79 Å². The van der Waals surface area contributed by atoms with Crippen molar-refractivity contribution < 1.29 is 4.79 Å². The van der Waals surface area contributed by atoms with Crippen molar-refractivity contribution in [1.82, 2.24) is 9.97 Å². The number of para-hydroxylation sites is 1. The van der Waals surface area contributed by atoms with Gasteiger partial charge in [0.25, 0.3) is 0 Å². The van der Waals surface area contributed by atoms with Gasteiger partial charge in [0.05, 0.1) is 5.25 Å². The Labute approximate surface area is 142 Å². The van der Waals surface area contributed by atoms with Crippen LogP contribution in [0.25, 0.3) is 0 Å². The molecule has 1 N–H and O–H groups in total. The Morgan fingerprint density at radius 2 is 2.00 bits per heavy atom. The van der Waals surface area contributed by atoms with Crippen LogP contribution in [0, 0.1) is 20.8 Å². The predicted octanol–water partition coefficient (Wildman–Crippen LogP) is 4.08. The minimum absolute atomic E-state index is 0.00656. The zero-order valence-corrected chi connectivity index (χ0v) is 15.1. The summed E-state index contributed by atoms with van der Waals surface area (Å²) in [5.41, 5.74) is 4.09. The van der Waals surface area contributed by atoms with E-state index in [1.807, 2.05) is 45.9 Å². The molecule has 0 saturated heterocycles. The molecule has 1 aromatic heterocycles. The van der Waals surface area contributed by atoms with Gasteiger partial charge >= 0.3 is 0 Å². The van der Waals surface area contributed by atoms with Crippen LogP contribution in [-0.2, 0) is 11.2 Å². The molecular weight excluding hydrogens is 306 g/mol. The van der Waals surface area contributed by atoms with Gasteiger partial charge in [0.2, 0.25) is 5.91 Å². The van der Waals surface area contributed by atoms with E-state index in [1.54, 1.807) is 0 Å². The minimum Gasteiger partial charge on any atom is -0.325 e. The highest BCUT2D eigenvalue weighted by molar-refractivity contribution is 8.00. The number of anilines is 1. The van der Waals surface area contributed by atoms with Crippen LogP contribution >= 0.6 is 11.8 Å². The van der Waals surface area contributed by atoms with Crippen molar-refractivity contribution in [2.24, 2.45) is 0 Å². The van der Waals surface area contributed by atoms with E-state index in [0.29, 0.717) is 0 Å². The van der Waals surface area contributed by atoms with E-state index in [0.717, 1.165) is 39.8 Å². The molecule has 1 heterocycles. The van der Waals surface area contributed by atoms with Gasteiger partial charge in [0.15, 0.2) is 0 Å². The molecule has 122 valence electrons. The molecule has 0 bridgehead atoms. The topological polar surface area (TPSA) is 54.9 Å². The average Bonchev–Trinajstić information content (AvgIpc) is 2.48. The van der Waals surface area contributed by atoms with E-state index >= 15 is 0 Å². The van der Waals surface area contributed by atoms with Crippen molar-refractivity contribution in [3.8, 4) is 0 Å². The van der Waals surface area contributed by atoms with E-state index in [4.69, 9.17) is 0 Å². The second-order valence-corrected chi connectivity index (χ2v) is 6.97. The lowest BCUT2D eigenvalue weighted by atomic mass is 10.1. The summed E-state index contributed by atoms with van der Waals surface area (Å²) in [6.07, 6.45) is 0.892. The Morgan fingerprint density at radius 1 is 1.26 bits per heavy atom. The lowest BCUT2D eigenvalue weighted by Crippen LogP contribution is -2.23. The van der Waals surface area contributed by atoms with Gasteiger partial charge in [-0.15, -0.1) is 0 Å². The molecule has 1 atom stereocenters. The van der Waals surface area contributed by atoms with Crippen LogP contribution in [0.15, 0.2) is 29.3 Å². The first-order valence-electron chi connectivity index (χ1n) is 7.79. The van der Waals surface area contributed by atoms with Gasteiger partial charge in [0.1, 0.15) is 10.9 Å². The predicted molar refractivity (Wildman–Crippen MR) is 96.0 cm³/mol. The third-order valence-corrected chi connectivity index (χ3v) is 4.62. The molecule has 2 rings (SSSR count). The molecule has 0 aliphatic heterocycles. The van der Waals surface area contributed by atoms with Crippen LogP contribution in [0.4, 0.5) is 5.69 Å². The number of rotatable bonds is 5. The summed E-state index contributed by atoms with van der Waals surface area (Å²) in [4.78, 5) is 21.2. The van der Waals surface area contributed by atoms with Crippen LogP contribution in [0.5, 0.6) is 0 Å². The quantitative estimate of drug-likeness (QED) is 0.663. The van der Waals surface area contributed by atoms with E-state index in [-0.39, 0.29) is 11.2 Å². The van der Waals surface area contributed by atoms with Crippen molar-refractivity contribution in [1.29, 1.82) is 0 Å². The molecule has 0 aliphatic carbocycles. The number of nitrogens with one attached hydrogen (secondary N) is 1. The largest absolute Gasteiger partial charge is 0.325 e. The maximum Gasteiger partial charge on any atom is 0.237 e. The molecule has 1 aromatic carbocycles. The molecule has 0 fully saturated rings. The number of hydrogen-bond acceptors (Lipinski definition) is 4. The first-order valence-corrected chi connectivity index (χ1v) is 8.67. The number of carbonyl (C=O) groups is 1. The van der Waals surface area contributed by atoms with Gasteiger partial charge in [-0.3, -0.25) is 4.79 Å². The fourth-order valence-electron chi connectivity index (χ4n) is 2.40. The van der Waals surface area contributed by atoms with Crippen molar-refractivity contribution >= 4 is 23.4 Å². The first-order chi connectivity index (χ1) is 10.9. The van der Waals surface area contributed by atoms with E-state index in [1.165, 1.54) is 11.8 Å². The fourth-order valence-corrected chi connectivity index (χ4v) is 3.36. The van der Waals surface area contributed by atoms with E-state index < -0.39 is 0 Å². The van der Waals surface area contributed by atoms with Gasteiger partial charge in [-0.1, -0.05) is 36.9 Å². The van der Waals surface area contributed by atoms with Crippen molar-refractivity contribution in [2.45, 2.75) is 51.3 Å². The smallest absolute Gasteiger partial charge is 0.237 e. The molecule has 0 aliphatic rings. The van der Waals surface area contributed by atoms with Crippen molar-refractivity contribution in [3.63, 3.8) is 0 Å². The number of amides is 1. The molecule has 23 heavy (non-hydrogen) atoms. The number of carbonyl (C=O) groups excluding carboxylic acids is 1. The monoisotopic (exact) mass is 329 g/mol. The number of thioether (sulfide) groups is 1. The fraction of sp³-hybridized carbons (Fsp3) is 0.389. The molecule has 0 spiro atoms. The van der Waals surface area contributed by atoms with Gasteiger partial charge in [-0.2, -0.15) is 0 Å². The molecule has 0 saturated carbocycles. The zero-order chi connectivity index (χ0) is 17.0. The second kappa shape index (κ2) is 7.59. The van der Waals surface area contributed by atoms with Gasteiger partial charge in [-0.25, -0.2) is 9.97 Å². The Bertz CT molecular complexity index is 695. The minimum atomic E-state index is -0.229. The highest BCUT2D eigenvalue weighted by Crippen LogP contribution is 2.25. The molecule has 2 aromatic rings. The molecular formula is C18H23N3OS. The Kier molecular flexibility index (Phi) is 5.77. The van der Waals surface area contributed by atoms with Crippen LogP contribution in [0.2, 0.25) is 0 Å². The Morgan fingerprint density at radius 3 is 2.65 bits per heavy atom. The zero-order valence-electron chi connectivity index (χ0n) is 14.3. The number of aryl methyl sites for hydroxylation is 4. The number of benzene rings is 1. The summed E-state index contributed by atoms with van der Waals surface area (Å²) < 4.78 is 0. The molecule has 1 amide bonds. The number of aromatic nitrogens is 2. The maximum atomic E-state index is 12.5. The highest BCUT2D eigenvalue weighted by atomic mass is 32.2. The van der Waals surface area contributed by atoms with Crippen molar-refractivity contribution in [2.75, 3.05) is 5.32 Å².